The Morgan fingerprint density at radius 2 is 1.86 bits per heavy atom. The molecule has 1 aliphatic rings. The highest BCUT2D eigenvalue weighted by Gasteiger charge is 2.42. The molecule has 1 amide bonds. The lowest BCUT2D eigenvalue weighted by atomic mass is 9.72. The molecule has 0 spiro atoms. The maximum absolute atomic E-state index is 12.3. The van der Waals surface area contributed by atoms with Crippen molar-refractivity contribution in [2.24, 2.45) is 11.3 Å². The van der Waals surface area contributed by atoms with Gasteiger partial charge in [0.05, 0.1) is 0 Å². The van der Waals surface area contributed by atoms with Gasteiger partial charge in [-0.1, -0.05) is 20.8 Å². The Hall–Kier alpha value is -0.530. The molecular formula is C12H23NO. The van der Waals surface area contributed by atoms with Gasteiger partial charge in [-0.15, -0.1) is 0 Å². The minimum absolute atomic E-state index is 0.123. The van der Waals surface area contributed by atoms with Crippen LogP contribution >= 0.6 is 0 Å². The van der Waals surface area contributed by atoms with Crippen LogP contribution < -0.4 is 0 Å². The smallest absolute Gasteiger partial charge is 0.228 e. The van der Waals surface area contributed by atoms with Crippen molar-refractivity contribution in [3.63, 3.8) is 0 Å². The van der Waals surface area contributed by atoms with Crippen molar-refractivity contribution in [2.45, 2.75) is 53.5 Å². The van der Waals surface area contributed by atoms with E-state index in [2.05, 4.69) is 34.6 Å². The zero-order valence-electron chi connectivity index (χ0n) is 10.1. The molecule has 14 heavy (non-hydrogen) atoms. The topological polar surface area (TPSA) is 20.3 Å². The van der Waals surface area contributed by atoms with Crippen LogP contribution in [-0.4, -0.2) is 23.4 Å². The van der Waals surface area contributed by atoms with Gasteiger partial charge in [-0.2, -0.15) is 0 Å². The van der Waals surface area contributed by atoms with Crippen LogP contribution in [0.4, 0.5) is 0 Å². The van der Waals surface area contributed by atoms with Gasteiger partial charge in [-0.05, 0) is 32.6 Å². The van der Waals surface area contributed by atoms with Gasteiger partial charge in [-0.25, -0.2) is 0 Å². The first kappa shape index (κ1) is 11.5. The number of piperidine rings is 1. The Bertz CT molecular complexity index is 222. The predicted octanol–water partition coefficient (Wildman–Crippen LogP) is 2.68. The standard InChI is InChI=1S/C12H23NO/c1-9(2)12(5)7-6-8-13(10(3)4)11(12)14/h9-10H,6-8H2,1-5H3. The molecule has 0 aromatic heterocycles. The Morgan fingerprint density at radius 1 is 1.29 bits per heavy atom. The SMILES string of the molecule is CC(C)N1CCCC(C)(C(C)C)C1=O. The molecule has 0 saturated carbocycles. The van der Waals surface area contributed by atoms with Crippen LogP contribution in [0.2, 0.25) is 0 Å². The lowest BCUT2D eigenvalue weighted by Crippen LogP contribution is -2.52. The third-order valence-electron chi connectivity index (χ3n) is 3.74. The molecule has 1 atom stereocenters. The summed E-state index contributed by atoms with van der Waals surface area (Å²) in [6.45, 7) is 11.6. The van der Waals surface area contributed by atoms with Crippen LogP contribution in [0.25, 0.3) is 0 Å². The second-order valence-electron chi connectivity index (χ2n) is 5.27. The zero-order chi connectivity index (χ0) is 10.9. The highest BCUT2D eigenvalue weighted by molar-refractivity contribution is 5.83. The number of amides is 1. The number of carbonyl (C=O) groups excluding carboxylic acids is 1. The summed E-state index contributed by atoms with van der Waals surface area (Å²) in [5.41, 5.74) is -0.123. The van der Waals surface area contributed by atoms with Gasteiger partial charge in [-0.3, -0.25) is 4.79 Å². The van der Waals surface area contributed by atoms with Gasteiger partial charge in [0.25, 0.3) is 0 Å². The summed E-state index contributed by atoms with van der Waals surface area (Å²) < 4.78 is 0. The largest absolute Gasteiger partial charge is 0.340 e. The van der Waals surface area contributed by atoms with Gasteiger partial charge in [0.15, 0.2) is 0 Å². The van der Waals surface area contributed by atoms with Crippen molar-refractivity contribution in [1.82, 2.24) is 4.90 Å². The number of rotatable bonds is 2. The molecule has 0 aliphatic carbocycles. The lowest BCUT2D eigenvalue weighted by Gasteiger charge is -2.43. The maximum Gasteiger partial charge on any atom is 0.228 e. The van der Waals surface area contributed by atoms with E-state index < -0.39 is 0 Å². The molecule has 0 radical (unpaired) electrons. The highest BCUT2D eigenvalue weighted by Crippen LogP contribution is 2.38. The normalized spacial score (nSPS) is 29.1. The first-order valence-corrected chi connectivity index (χ1v) is 5.70. The fraction of sp³-hybridized carbons (Fsp3) is 0.917. The average Bonchev–Trinajstić information content (AvgIpc) is 2.09. The fourth-order valence-corrected chi connectivity index (χ4v) is 2.18. The summed E-state index contributed by atoms with van der Waals surface area (Å²) in [5.74, 6) is 0.797. The van der Waals surface area contributed by atoms with Crippen LogP contribution in [0.15, 0.2) is 0 Å². The van der Waals surface area contributed by atoms with E-state index in [-0.39, 0.29) is 5.41 Å². The van der Waals surface area contributed by atoms with Gasteiger partial charge in [0.2, 0.25) is 5.91 Å². The van der Waals surface area contributed by atoms with E-state index in [9.17, 15) is 4.79 Å². The Morgan fingerprint density at radius 3 is 2.29 bits per heavy atom. The van der Waals surface area contributed by atoms with Crippen LogP contribution in [0, 0.1) is 11.3 Å². The highest BCUT2D eigenvalue weighted by atomic mass is 16.2. The molecule has 1 fully saturated rings. The Balaban J connectivity index is 2.86. The van der Waals surface area contributed by atoms with Crippen molar-refractivity contribution in [1.29, 1.82) is 0 Å². The molecule has 0 bridgehead atoms. The fourth-order valence-electron chi connectivity index (χ4n) is 2.18. The summed E-state index contributed by atoms with van der Waals surface area (Å²) >= 11 is 0. The zero-order valence-corrected chi connectivity index (χ0v) is 10.1. The second-order valence-corrected chi connectivity index (χ2v) is 5.27. The van der Waals surface area contributed by atoms with Crippen LogP contribution in [0.5, 0.6) is 0 Å². The van der Waals surface area contributed by atoms with Crippen molar-refractivity contribution in [3.8, 4) is 0 Å². The van der Waals surface area contributed by atoms with E-state index in [1.807, 2.05) is 4.90 Å². The van der Waals surface area contributed by atoms with Crippen LogP contribution in [0.3, 0.4) is 0 Å². The van der Waals surface area contributed by atoms with Crippen molar-refractivity contribution in [3.05, 3.63) is 0 Å². The molecule has 2 nitrogen and oxygen atoms in total. The van der Waals surface area contributed by atoms with E-state index in [0.29, 0.717) is 17.9 Å². The maximum atomic E-state index is 12.3. The second kappa shape index (κ2) is 3.92. The Kier molecular flexibility index (Phi) is 3.23. The van der Waals surface area contributed by atoms with E-state index in [1.54, 1.807) is 0 Å². The molecule has 1 heterocycles. The molecule has 1 rings (SSSR count). The predicted molar refractivity (Wildman–Crippen MR) is 59.0 cm³/mol. The van der Waals surface area contributed by atoms with Gasteiger partial charge in [0.1, 0.15) is 0 Å². The monoisotopic (exact) mass is 197 g/mol. The molecular weight excluding hydrogens is 174 g/mol. The number of nitrogens with zero attached hydrogens (tertiary/aromatic N) is 1. The minimum Gasteiger partial charge on any atom is -0.340 e. The first-order valence-electron chi connectivity index (χ1n) is 5.70. The molecule has 0 aromatic rings. The molecule has 2 heteroatoms. The van der Waals surface area contributed by atoms with Crippen molar-refractivity contribution < 1.29 is 4.79 Å². The number of likely N-dealkylation sites (tertiary alicyclic amines) is 1. The summed E-state index contributed by atoms with van der Waals surface area (Å²) in [5, 5.41) is 0. The third-order valence-corrected chi connectivity index (χ3v) is 3.74. The number of hydrogen-bond donors (Lipinski definition) is 0. The summed E-state index contributed by atoms with van der Waals surface area (Å²) in [7, 11) is 0. The third kappa shape index (κ3) is 1.79. The van der Waals surface area contributed by atoms with Gasteiger partial charge < -0.3 is 4.90 Å². The van der Waals surface area contributed by atoms with E-state index in [1.165, 1.54) is 0 Å². The van der Waals surface area contributed by atoms with Gasteiger partial charge in [0, 0.05) is 18.0 Å². The molecule has 0 N–H and O–H groups in total. The first-order chi connectivity index (χ1) is 6.39. The molecule has 1 aliphatic heterocycles. The number of carbonyl (C=O) groups is 1. The number of hydrogen-bond acceptors (Lipinski definition) is 1. The van der Waals surface area contributed by atoms with E-state index in [4.69, 9.17) is 0 Å². The van der Waals surface area contributed by atoms with Crippen LogP contribution in [0.1, 0.15) is 47.5 Å². The molecule has 1 unspecified atom stereocenters. The van der Waals surface area contributed by atoms with E-state index in [0.717, 1.165) is 19.4 Å². The average molecular weight is 197 g/mol. The molecule has 82 valence electrons. The van der Waals surface area contributed by atoms with Crippen LogP contribution in [-0.2, 0) is 4.79 Å². The minimum atomic E-state index is -0.123. The summed E-state index contributed by atoms with van der Waals surface area (Å²) in [6.07, 6.45) is 2.20. The quantitative estimate of drug-likeness (QED) is 0.666. The summed E-state index contributed by atoms with van der Waals surface area (Å²) in [6, 6.07) is 0.348. The van der Waals surface area contributed by atoms with Gasteiger partial charge >= 0.3 is 0 Å². The summed E-state index contributed by atoms with van der Waals surface area (Å²) in [4.78, 5) is 14.3. The van der Waals surface area contributed by atoms with E-state index >= 15 is 0 Å². The lowest BCUT2D eigenvalue weighted by molar-refractivity contribution is -0.150. The van der Waals surface area contributed by atoms with Crippen molar-refractivity contribution >= 4 is 5.91 Å². The van der Waals surface area contributed by atoms with Crippen molar-refractivity contribution in [2.75, 3.05) is 6.54 Å². The molecule has 1 saturated heterocycles. The Labute approximate surface area is 87.7 Å². The molecule has 0 aromatic carbocycles.